The summed E-state index contributed by atoms with van der Waals surface area (Å²) in [4.78, 5) is 14.6. The van der Waals surface area contributed by atoms with Crippen LogP contribution in [0.1, 0.15) is 52.7 Å². The monoisotopic (exact) mass is 281 g/mol. The van der Waals surface area contributed by atoms with E-state index < -0.39 is 0 Å². The van der Waals surface area contributed by atoms with E-state index in [0.717, 1.165) is 22.8 Å². The van der Waals surface area contributed by atoms with Gasteiger partial charge in [-0.3, -0.25) is 4.79 Å². The zero-order valence-corrected chi connectivity index (χ0v) is 12.3. The van der Waals surface area contributed by atoms with E-state index in [-0.39, 0.29) is 5.91 Å². The molecule has 1 aromatic rings. The molecule has 1 aliphatic heterocycles. The quantitative estimate of drug-likeness (QED) is 0.893. The van der Waals surface area contributed by atoms with Crippen molar-refractivity contribution in [2.24, 2.45) is 5.92 Å². The number of nitrogens with one attached hydrogen (secondary N) is 1. The SMILES string of the molecule is CC1CCCCC1NC(=O)c1cc2c(s1)CSC2. The Hall–Kier alpha value is -0.480. The number of thiophene rings is 1. The molecule has 4 heteroatoms. The smallest absolute Gasteiger partial charge is 0.261 e. The molecular formula is C14H19NOS2. The molecule has 1 amide bonds. The van der Waals surface area contributed by atoms with Gasteiger partial charge in [0.05, 0.1) is 4.88 Å². The lowest BCUT2D eigenvalue weighted by atomic mass is 9.86. The summed E-state index contributed by atoms with van der Waals surface area (Å²) < 4.78 is 0. The van der Waals surface area contributed by atoms with E-state index in [1.807, 2.05) is 11.8 Å². The zero-order valence-electron chi connectivity index (χ0n) is 10.7. The van der Waals surface area contributed by atoms with Crippen LogP contribution in [0.4, 0.5) is 0 Å². The summed E-state index contributed by atoms with van der Waals surface area (Å²) in [5.41, 5.74) is 1.38. The van der Waals surface area contributed by atoms with Gasteiger partial charge in [0.25, 0.3) is 5.91 Å². The van der Waals surface area contributed by atoms with Crippen molar-refractivity contribution in [3.63, 3.8) is 0 Å². The van der Waals surface area contributed by atoms with Gasteiger partial charge in [-0.05, 0) is 30.4 Å². The highest BCUT2D eigenvalue weighted by molar-refractivity contribution is 7.98. The van der Waals surface area contributed by atoms with Crippen LogP contribution in [-0.2, 0) is 11.5 Å². The van der Waals surface area contributed by atoms with Gasteiger partial charge < -0.3 is 5.32 Å². The second kappa shape index (κ2) is 5.25. The maximum Gasteiger partial charge on any atom is 0.261 e. The Morgan fingerprint density at radius 2 is 2.17 bits per heavy atom. The van der Waals surface area contributed by atoms with Crippen molar-refractivity contribution in [2.75, 3.05) is 0 Å². The molecule has 2 nitrogen and oxygen atoms in total. The molecule has 0 radical (unpaired) electrons. The van der Waals surface area contributed by atoms with Gasteiger partial charge >= 0.3 is 0 Å². The van der Waals surface area contributed by atoms with Crippen molar-refractivity contribution >= 4 is 29.0 Å². The molecule has 1 saturated carbocycles. The summed E-state index contributed by atoms with van der Waals surface area (Å²) in [7, 11) is 0. The minimum absolute atomic E-state index is 0.151. The Morgan fingerprint density at radius 1 is 1.33 bits per heavy atom. The number of rotatable bonds is 2. The number of thioether (sulfide) groups is 1. The molecule has 2 atom stereocenters. The summed E-state index contributed by atoms with van der Waals surface area (Å²) in [6.07, 6.45) is 4.97. The van der Waals surface area contributed by atoms with E-state index in [9.17, 15) is 4.79 Å². The van der Waals surface area contributed by atoms with Crippen molar-refractivity contribution in [1.82, 2.24) is 5.32 Å². The molecule has 98 valence electrons. The fourth-order valence-electron chi connectivity index (χ4n) is 2.85. The van der Waals surface area contributed by atoms with Gasteiger partial charge in [0.15, 0.2) is 0 Å². The normalized spacial score (nSPS) is 26.9. The van der Waals surface area contributed by atoms with Crippen molar-refractivity contribution in [1.29, 1.82) is 0 Å². The number of carbonyl (C=O) groups is 1. The van der Waals surface area contributed by atoms with Crippen molar-refractivity contribution in [3.8, 4) is 0 Å². The summed E-state index contributed by atoms with van der Waals surface area (Å²) >= 11 is 3.63. The molecule has 0 bridgehead atoms. The molecule has 3 rings (SSSR count). The van der Waals surface area contributed by atoms with Gasteiger partial charge in [-0.25, -0.2) is 0 Å². The first-order valence-electron chi connectivity index (χ1n) is 6.74. The first-order valence-corrected chi connectivity index (χ1v) is 8.71. The van der Waals surface area contributed by atoms with Gasteiger partial charge in [-0.15, -0.1) is 11.3 Å². The summed E-state index contributed by atoms with van der Waals surface area (Å²) in [6, 6.07) is 2.49. The lowest BCUT2D eigenvalue weighted by Crippen LogP contribution is -2.40. The number of fused-ring (bicyclic) bond motifs is 1. The molecule has 0 saturated heterocycles. The van der Waals surface area contributed by atoms with Crippen LogP contribution >= 0.6 is 23.1 Å². The first-order chi connectivity index (χ1) is 8.74. The summed E-state index contributed by atoms with van der Waals surface area (Å²) in [5, 5.41) is 3.24. The Balaban J connectivity index is 1.66. The lowest BCUT2D eigenvalue weighted by Gasteiger charge is -2.29. The molecule has 2 unspecified atom stereocenters. The summed E-state index contributed by atoms with van der Waals surface area (Å²) in [5.74, 6) is 2.95. The molecule has 0 spiro atoms. The number of carbonyl (C=O) groups excluding carboxylic acids is 1. The minimum atomic E-state index is 0.151. The lowest BCUT2D eigenvalue weighted by molar-refractivity contribution is 0.0914. The third-order valence-corrected chi connectivity index (χ3v) is 6.41. The summed E-state index contributed by atoms with van der Waals surface area (Å²) in [6.45, 7) is 2.26. The first kappa shape index (κ1) is 12.5. The van der Waals surface area contributed by atoms with Crippen LogP contribution in [0, 0.1) is 5.92 Å². The van der Waals surface area contributed by atoms with E-state index in [4.69, 9.17) is 0 Å². The van der Waals surface area contributed by atoms with Crippen molar-refractivity contribution < 1.29 is 4.79 Å². The van der Waals surface area contributed by atoms with Gasteiger partial charge in [-0.2, -0.15) is 11.8 Å². The highest BCUT2D eigenvalue weighted by atomic mass is 32.2. The molecule has 1 fully saturated rings. The average Bonchev–Trinajstić information content (AvgIpc) is 2.92. The molecule has 1 aromatic heterocycles. The fraction of sp³-hybridized carbons (Fsp3) is 0.643. The number of hydrogen-bond acceptors (Lipinski definition) is 3. The van der Waals surface area contributed by atoms with Gasteiger partial charge in [-0.1, -0.05) is 19.8 Å². The Bertz CT molecular complexity index is 433. The standard InChI is InChI=1S/C14H19NOS2/c1-9-4-2-3-5-11(9)15-14(16)12-6-10-7-17-8-13(10)18-12/h6,9,11H,2-5,7-8H2,1H3,(H,15,16). The highest BCUT2D eigenvalue weighted by Gasteiger charge is 2.25. The molecule has 1 aliphatic carbocycles. The van der Waals surface area contributed by atoms with Crippen LogP contribution in [0.15, 0.2) is 6.07 Å². The topological polar surface area (TPSA) is 29.1 Å². The molecule has 18 heavy (non-hydrogen) atoms. The van der Waals surface area contributed by atoms with Crippen molar-refractivity contribution in [3.05, 3.63) is 21.4 Å². The maximum absolute atomic E-state index is 12.3. The molecular weight excluding hydrogens is 262 g/mol. The van der Waals surface area contributed by atoms with Crippen LogP contribution in [0.3, 0.4) is 0 Å². The second-order valence-electron chi connectivity index (χ2n) is 5.39. The van der Waals surface area contributed by atoms with Crippen molar-refractivity contribution in [2.45, 2.75) is 50.2 Å². The molecule has 1 N–H and O–H groups in total. The van der Waals surface area contributed by atoms with Crippen LogP contribution in [-0.4, -0.2) is 11.9 Å². The second-order valence-corrected chi connectivity index (χ2v) is 7.52. The average molecular weight is 281 g/mol. The minimum Gasteiger partial charge on any atom is -0.348 e. The van der Waals surface area contributed by atoms with E-state index in [2.05, 4.69) is 18.3 Å². The Labute approximate surface area is 117 Å². The van der Waals surface area contributed by atoms with Gasteiger partial charge in [0.2, 0.25) is 0 Å². The zero-order chi connectivity index (χ0) is 12.5. The molecule has 0 aromatic carbocycles. The van der Waals surface area contributed by atoms with Crippen LogP contribution in [0.25, 0.3) is 0 Å². The Kier molecular flexibility index (Phi) is 3.66. The van der Waals surface area contributed by atoms with E-state index in [1.54, 1.807) is 11.3 Å². The largest absolute Gasteiger partial charge is 0.348 e. The van der Waals surface area contributed by atoms with Gasteiger partial charge in [0.1, 0.15) is 0 Å². The van der Waals surface area contributed by atoms with Gasteiger partial charge in [0, 0.05) is 22.4 Å². The molecule has 2 aliphatic rings. The van der Waals surface area contributed by atoms with Crippen LogP contribution in [0.2, 0.25) is 0 Å². The predicted molar refractivity (Wildman–Crippen MR) is 78.2 cm³/mol. The number of amides is 1. The van der Waals surface area contributed by atoms with Crippen LogP contribution in [0.5, 0.6) is 0 Å². The fourth-order valence-corrected chi connectivity index (χ4v) is 5.25. The highest BCUT2D eigenvalue weighted by Crippen LogP contribution is 2.36. The third-order valence-electron chi connectivity index (χ3n) is 4.04. The number of hydrogen-bond donors (Lipinski definition) is 1. The molecule has 2 heterocycles. The predicted octanol–water partition coefficient (Wildman–Crippen LogP) is 3.80. The third kappa shape index (κ3) is 2.45. The van der Waals surface area contributed by atoms with Crippen LogP contribution < -0.4 is 5.32 Å². The van der Waals surface area contributed by atoms with E-state index >= 15 is 0 Å². The Morgan fingerprint density at radius 3 is 2.94 bits per heavy atom. The van der Waals surface area contributed by atoms with E-state index in [0.29, 0.717) is 12.0 Å². The maximum atomic E-state index is 12.3. The van der Waals surface area contributed by atoms with E-state index in [1.165, 1.54) is 29.7 Å².